The highest BCUT2D eigenvalue weighted by molar-refractivity contribution is 5.90. The summed E-state index contributed by atoms with van der Waals surface area (Å²) in [5, 5.41) is 0. The van der Waals surface area contributed by atoms with E-state index < -0.39 is 36.5 Å². The van der Waals surface area contributed by atoms with Crippen molar-refractivity contribution in [1.82, 2.24) is 0 Å². The van der Waals surface area contributed by atoms with Crippen molar-refractivity contribution in [2.45, 2.75) is 51.3 Å². The van der Waals surface area contributed by atoms with Crippen molar-refractivity contribution in [1.29, 1.82) is 0 Å². The van der Waals surface area contributed by atoms with E-state index in [2.05, 4.69) is 0 Å². The minimum absolute atomic E-state index is 0.298. The Morgan fingerprint density at radius 2 is 1.41 bits per heavy atom. The first kappa shape index (κ1) is 21.0. The van der Waals surface area contributed by atoms with Gasteiger partial charge < -0.3 is 18.9 Å². The van der Waals surface area contributed by atoms with Crippen molar-refractivity contribution in [3.05, 3.63) is 71.8 Å². The van der Waals surface area contributed by atoms with E-state index in [1.165, 1.54) is 0 Å². The van der Waals surface area contributed by atoms with E-state index in [-0.39, 0.29) is 0 Å². The lowest BCUT2D eigenvalue weighted by atomic mass is 10.0. The molecule has 0 saturated carbocycles. The van der Waals surface area contributed by atoms with Gasteiger partial charge in [-0.05, 0) is 37.6 Å². The second-order valence-electron chi connectivity index (χ2n) is 6.94. The zero-order valence-electron chi connectivity index (χ0n) is 16.7. The van der Waals surface area contributed by atoms with Crippen LogP contribution in [-0.4, -0.2) is 43.1 Å². The van der Waals surface area contributed by atoms with Gasteiger partial charge in [0.2, 0.25) is 0 Å². The molecule has 1 aliphatic heterocycles. The Balaban J connectivity index is 1.70. The molecule has 4 unspecified atom stereocenters. The molecule has 3 rings (SSSR count). The molecule has 2 aromatic carbocycles. The zero-order chi connectivity index (χ0) is 20.6. The lowest BCUT2D eigenvalue weighted by molar-refractivity contribution is -0.259. The summed E-state index contributed by atoms with van der Waals surface area (Å²) in [5.74, 6) is -0.904. The summed E-state index contributed by atoms with van der Waals surface area (Å²) in [6.07, 6.45) is -1.23. The number of rotatable bonds is 7. The number of hydrogen-bond donors (Lipinski definition) is 0. The van der Waals surface area contributed by atoms with Gasteiger partial charge in [-0.25, -0.2) is 9.59 Å². The summed E-state index contributed by atoms with van der Waals surface area (Å²) >= 11 is 0. The van der Waals surface area contributed by atoms with Crippen molar-refractivity contribution in [2.24, 2.45) is 0 Å². The number of esters is 2. The highest BCUT2D eigenvalue weighted by Gasteiger charge is 2.41. The average Bonchev–Trinajstić information content (AvgIpc) is 2.76. The summed E-state index contributed by atoms with van der Waals surface area (Å²) in [6.45, 7) is 4.29. The third kappa shape index (κ3) is 5.65. The molecule has 0 N–H and O–H groups in total. The molecule has 0 aliphatic carbocycles. The third-order valence-corrected chi connectivity index (χ3v) is 4.66. The Morgan fingerprint density at radius 3 is 1.93 bits per heavy atom. The molecule has 1 aliphatic rings. The quantitative estimate of drug-likeness (QED) is 0.657. The fourth-order valence-corrected chi connectivity index (χ4v) is 3.11. The molecule has 0 spiro atoms. The van der Waals surface area contributed by atoms with Crippen molar-refractivity contribution < 1.29 is 28.5 Å². The van der Waals surface area contributed by atoms with Gasteiger partial charge in [0.1, 0.15) is 6.10 Å². The van der Waals surface area contributed by atoms with Gasteiger partial charge >= 0.3 is 11.9 Å². The van der Waals surface area contributed by atoms with Gasteiger partial charge in [0.25, 0.3) is 0 Å². The minimum atomic E-state index is -0.704. The Morgan fingerprint density at radius 1 is 0.897 bits per heavy atom. The summed E-state index contributed by atoms with van der Waals surface area (Å²) in [5.41, 5.74) is 0.903. The normalized spacial score (nSPS) is 23.9. The molecule has 1 fully saturated rings. The molecule has 154 valence electrons. The number of carbonyl (C=O) groups is 2. The van der Waals surface area contributed by atoms with E-state index in [1.54, 1.807) is 48.5 Å². The smallest absolute Gasteiger partial charge is 0.338 e. The first-order valence-corrected chi connectivity index (χ1v) is 9.87. The molecule has 6 heteroatoms. The van der Waals surface area contributed by atoms with Gasteiger partial charge in [-0.2, -0.15) is 0 Å². The molecule has 0 amide bonds. The van der Waals surface area contributed by atoms with Crippen molar-refractivity contribution in [3.63, 3.8) is 0 Å². The van der Waals surface area contributed by atoms with E-state index in [9.17, 15) is 9.59 Å². The Bertz CT molecular complexity index is 792. The van der Waals surface area contributed by atoms with E-state index >= 15 is 0 Å². The minimum Gasteiger partial charge on any atom is -0.456 e. The van der Waals surface area contributed by atoms with Crippen molar-refractivity contribution >= 4 is 11.9 Å². The van der Waals surface area contributed by atoms with E-state index in [4.69, 9.17) is 18.9 Å². The maximum Gasteiger partial charge on any atom is 0.338 e. The fourth-order valence-electron chi connectivity index (χ4n) is 3.11. The fraction of sp³-hybridized carbons (Fsp3) is 0.391. The number of hydrogen-bond acceptors (Lipinski definition) is 6. The summed E-state index contributed by atoms with van der Waals surface area (Å²) < 4.78 is 23.0. The van der Waals surface area contributed by atoms with Gasteiger partial charge in [-0.1, -0.05) is 43.3 Å². The molecule has 2 aromatic rings. The van der Waals surface area contributed by atoms with Crippen LogP contribution in [0.4, 0.5) is 0 Å². The predicted molar refractivity (Wildman–Crippen MR) is 106 cm³/mol. The van der Waals surface area contributed by atoms with Crippen molar-refractivity contribution in [2.75, 3.05) is 6.61 Å². The molecule has 29 heavy (non-hydrogen) atoms. The van der Waals surface area contributed by atoms with Crippen LogP contribution in [-0.2, 0) is 18.9 Å². The largest absolute Gasteiger partial charge is 0.456 e. The molecule has 4 atom stereocenters. The molecule has 1 saturated heterocycles. The van der Waals surface area contributed by atoms with E-state index in [0.717, 1.165) is 6.42 Å². The lowest BCUT2D eigenvalue weighted by Gasteiger charge is -2.38. The molecule has 6 nitrogen and oxygen atoms in total. The van der Waals surface area contributed by atoms with Crippen LogP contribution in [0.3, 0.4) is 0 Å². The van der Waals surface area contributed by atoms with E-state index in [0.29, 0.717) is 24.2 Å². The molecular weight excluding hydrogens is 372 g/mol. The van der Waals surface area contributed by atoms with Crippen LogP contribution in [0.15, 0.2) is 60.7 Å². The maximum absolute atomic E-state index is 12.5. The average molecular weight is 398 g/mol. The van der Waals surface area contributed by atoms with Crippen LogP contribution in [0.1, 0.15) is 47.4 Å². The second-order valence-corrected chi connectivity index (χ2v) is 6.94. The standard InChI is InChI=1S/C23H26O6/c1-3-14-26-23-20(29-22(25)18-12-8-5-9-13-18)15-19(16(2)27-23)28-21(24)17-10-6-4-7-11-17/h4-13,16,19-20,23H,3,14-15H2,1-2H3. The van der Waals surface area contributed by atoms with Gasteiger partial charge in [0, 0.05) is 13.0 Å². The molecule has 0 bridgehead atoms. The van der Waals surface area contributed by atoms with Gasteiger partial charge in [0.15, 0.2) is 12.4 Å². The Labute approximate surface area is 170 Å². The van der Waals surface area contributed by atoms with Crippen LogP contribution in [0, 0.1) is 0 Å². The number of carbonyl (C=O) groups excluding carboxylic acids is 2. The van der Waals surface area contributed by atoms with Crippen LogP contribution in [0.2, 0.25) is 0 Å². The van der Waals surface area contributed by atoms with Crippen LogP contribution in [0.25, 0.3) is 0 Å². The summed E-state index contributed by atoms with van der Waals surface area (Å²) in [6, 6.07) is 17.5. The monoisotopic (exact) mass is 398 g/mol. The predicted octanol–water partition coefficient (Wildman–Crippen LogP) is 4.00. The zero-order valence-corrected chi connectivity index (χ0v) is 16.7. The van der Waals surface area contributed by atoms with Crippen LogP contribution in [0.5, 0.6) is 0 Å². The topological polar surface area (TPSA) is 71.1 Å². The molecule has 1 heterocycles. The van der Waals surface area contributed by atoms with Crippen LogP contribution >= 0.6 is 0 Å². The molecule has 0 aromatic heterocycles. The third-order valence-electron chi connectivity index (χ3n) is 4.66. The number of ether oxygens (including phenoxy) is 4. The Hall–Kier alpha value is -2.70. The SMILES string of the molecule is CCCOC1OC(C)C(OC(=O)c2ccccc2)CC1OC(=O)c1ccccc1. The van der Waals surface area contributed by atoms with Crippen molar-refractivity contribution in [3.8, 4) is 0 Å². The lowest BCUT2D eigenvalue weighted by Crippen LogP contribution is -2.50. The highest BCUT2D eigenvalue weighted by Crippen LogP contribution is 2.27. The van der Waals surface area contributed by atoms with E-state index in [1.807, 2.05) is 26.0 Å². The Kier molecular flexibility index (Phi) is 7.38. The first-order valence-electron chi connectivity index (χ1n) is 9.87. The van der Waals surface area contributed by atoms with Crippen LogP contribution < -0.4 is 0 Å². The highest BCUT2D eigenvalue weighted by atomic mass is 16.7. The maximum atomic E-state index is 12.5. The first-order chi connectivity index (χ1) is 14.1. The molecular formula is C23H26O6. The molecule has 0 radical (unpaired) electrons. The van der Waals surface area contributed by atoms with Gasteiger partial charge in [-0.3, -0.25) is 0 Å². The second kappa shape index (κ2) is 10.2. The summed E-state index contributed by atoms with van der Waals surface area (Å²) in [4.78, 5) is 25.0. The summed E-state index contributed by atoms with van der Waals surface area (Å²) in [7, 11) is 0. The van der Waals surface area contributed by atoms with Gasteiger partial charge in [-0.15, -0.1) is 0 Å². The number of benzene rings is 2. The van der Waals surface area contributed by atoms with Gasteiger partial charge in [0.05, 0.1) is 17.2 Å².